The molecule has 1 heterocycles. The van der Waals surface area contributed by atoms with Crippen molar-refractivity contribution in [3.05, 3.63) is 35.4 Å². The van der Waals surface area contributed by atoms with Gasteiger partial charge in [0.15, 0.2) is 11.3 Å². The van der Waals surface area contributed by atoms with Crippen molar-refractivity contribution in [2.75, 3.05) is 7.11 Å². The Balaban J connectivity index is 2.42. The highest BCUT2D eigenvalue weighted by Crippen LogP contribution is 2.44. The summed E-state index contributed by atoms with van der Waals surface area (Å²) < 4.78 is 11.8. The van der Waals surface area contributed by atoms with Crippen LogP contribution in [0.1, 0.15) is 52.7 Å². The molecule has 1 aromatic heterocycles. The molecule has 0 aliphatic rings. The second-order valence-electron chi connectivity index (χ2n) is 8.90. The Kier molecular flexibility index (Phi) is 4.37. The molecule has 0 fully saturated rings. The van der Waals surface area contributed by atoms with E-state index in [0.29, 0.717) is 22.4 Å². The number of hydrogen-bond acceptors (Lipinski definition) is 5. The first-order chi connectivity index (χ1) is 12.4. The number of aromatic nitrogens is 1. The van der Waals surface area contributed by atoms with Gasteiger partial charge in [0.05, 0.1) is 12.7 Å². The van der Waals surface area contributed by atoms with Gasteiger partial charge in [-0.25, -0.2) is 4.98 Å². The van der Waals surface area contributed by atoms with Gasteiger partial charge in [-0.2, -0.15) is 0 Å². The Hall–Kier alpha value is -2.69. The molecule has 0 saturated heterocycles. The summed E-state index contributed by atoms with van der Waals surface area (Å²) in [6.07, 6.45) is 0. The largest absolute Gasteiger partial charge is 0.508 e. The molecule has 0 bridgehead atoms. The molecular weight excluding hydrogens is 342 g/mol. The lowest BCUT2D eigenvalue weighted by Crippen LogP contribution is -2.18. The van der Waals surface area contributed by atoms with E-state index in [4.69, 9.17) is 9.15 Å². The van der Waals surface area contributed by atoms with Crippen LogP contribution in [0.3, 0.4) is 0 Å². The van der Waals surface area contributed by atoms with E-state index < -0.39 is 0 Å². The summed E-state index contributed by atoms with van der Waals surface area (Å²) in [7, 11) is 1.62. The SMILES string of the molecule is COc1c(C(C)(C)C)cc(C(C)(C)C)c2nc(-c3cc(O)ccc3O)oc12. The number of oxazole rings is 1. The van der Waals surface area contributed by atoms with Gasteiger partial charge in [-0.1, -0.05) is 41.5 Å². The quantitative estimate of drug-likeness (QED) is 0.583. The molecule has 2 aromatic carbocycles. The lowest BCUT2D eigenvalue weighted by Gasteiger charge is -2.26. The summed E-state index contributed by atoms with van der Waals surface area (Å²) in [5.74, 6) is 0.910. The molecule has 2 N–H and O–H groups in total. The van der Waals surface area contributed by atoms with Crippen molar-refractivity contribution in [1.29, 1.82) is 0 Å². The van der Waals surface area contributed by atoms with Crippen LogP contribution in [0, 0.1) is 0 Å². The molecule has 0 spiro atoms. The standard InChI is InChI=1S/C22H27NO4/c1-21(2,3)14-11-15(22(4,5)6)18(26-7)19-17(14)23-20(27-19)13-10-12(24)8-9-16(13)25/h8-11,24-25H,1-7H3. The van der Waals surface area contributed by atoms with Crippen molar-refractivity contribution in [2.24, 2.45) is 0 Å². The zero-order chi connectivity index (χ0) is 20.1. The summed E-state index contributed by atoms with van der Waals surface area (Å²) in [4.78, 5) is 4.67. The Morgan fingerprint density at radius 2 is 1.56 bits per heavy atom. The normalized spacial score (nSPS) is 12.6. The monoisotopic (exact) mass is 369 g/mol. The van der Waals surface area contributed by atoms with Crippen molar-refractivity contribution in [3.63, 3.8) is 0 Å². The van der Waals surface area contributed by atoms with Crippen LogP contribution in [0.4, 0.5) is 0 Å². The number of benzene rings is 2. The minimum absolute atomic E-state index is 0.00771. The second-order valence-corrected chi connectivity index (χ2v) is 8.90. The van der Waals surface area contributed by atoms with E-state index in [1.807, 2.05) is 0 Å². The Labute approximate surface area is 159 Å². The minimum atomic E-state index is -0.167. The van der Waals surface area contributed by atoms with Gasteiger partial charge in [0.25, 0.3) is 0 Å². The maximum atomic E-state index is 10.2. The van der Waals surface area contributed by atoms with Crippen LogP contribution in [-0.4, -0.2) is 22.3 Å². The number of methoxy groups -OCH3 is 1. The number of fused-ring (bicyclic) bond motifs is 1. The first-order valence-corrected chi connectivity index (χ1v) is 8.98. The van der Waals surface area contributed by atoms with Gasteiger partial charge in [0.1, 0.15) is 17.0 Å². The smallest absolute Gasteiger partial charge is 0.231 e. The average molecular weight is 369 g/mol. The summed E-state index contributed by atoms with van der Waals surface area (Å²) >= 11 is 0. The van der Waals surface area contributed by atoms with E-state index in [2.05, 4.69) is 52.6 Å². The van der Waals surface area contributed by atoms with Crippen LogP contribution in [0.15, 0.2) is 28.7 Å². The topological polar surface area (TPSA) is 75.7 Å². The fraction of sp³-hybridized carbons (Fsp3) is 0.409. The maximum absolute atomic E-state index is 10.2. The predicted molar refractivity (Wildman–Crippen MR) is 107 cm³/mol. The van der Waals surface area contributed by atoms with Gasteiger partial charge in [-0.15, -0.1) is 0 Å². The molecule has 5 heteroatoms. The summed E-state index contributed by atoms with van der Waals surface area (Å²) in [5, 5.41) is 20.0. The summed E-state index contributed by atoms with van der Waals surface area (Å²) in [6, 6.07) is 6.41. The van der Waals surface area contributed by atoms with Crippen molar-refractivity contribution in [2.45, 2.75) is 52.4 Å². The van der Waals surface area contributed by atoms with Crippen LogP contribution >= 0.6 is 0 Å². The number of nitrogens with zero attached hydrogens (tertiary/aromatic N) is 1. The van der Waals surface area contributed by atoms with E-state index in [1.54, 1.807) is 7.11 Å². The highest BCUT2D eigenvalue weighted by atomic mass is 16.5. The Bertz CT molecular complexity index is 1000. The van der Waals surface area contributed by atoms with E-state index in [1.165, 1.54) is 18.2 Å². The van der Waals surface area contributed by atoms with Gasteiger partial charge in [0, 0.05) is 5.56 Å². The summed E-state index contributed by atoms with van der Waals surface area (Å²) in [5.41, 5.74) is 3.34. The van der Waals surface area contributed by atoms with Gasteiger partial charge < -0.3 is 19.4 Å². The molecule has 0 saturated carbocycles. The third-order valence-corrected chi connectivity index (χ3v) is 4.65. The molecular formula is C22H27NO4. The number of phenols is 2. The lowest BCUT2D eigenvalue weighted by molar-refractivity contribution is 0.393. The van der Waals surface area contributed by atoms with Gasteiger partial charge >= 0.3 is 0 Å². The van der Waals surface area contributed by atoms with Crippen LogP contribution in [0.5, 0.6) is 17.2 Å². The van der Waals surface area contributed by atoms with E-state index >= 15 is 0 Å². The first kappa shape index (κ1) is 19.1. The number of rotatable bonds is 2. The van der Waals surface area contributed by atoms with Crippen LogP contribution in [-0.2, 0) is 10.8 Å². The number of ether oxygens (including phenoxy) is 1. The first-order valence-electron chi connectivity index (χ1n) is 8.98. The molecule has 3 rings (SSSR count). The van der Waals surface area contributed by atoms with Crippen molar-refractivity contribution >= 4 is 11.1 Å². The molecule has 0 aliphatic heterocycles. The molecule has 3 aromatic rings. The number of hydrogen-bond donors (Lipinski definition) is 2. The molecule has 0 atom stereocenters. The summed E-state index contributed by atoms with van der Waals surface area (Å²) in [6.45, 7) is 12.8. The third-order valence-electron chi connectivity index (χ3n) is 4.65. The molecule has 0 amide bonds. The third kappa shape index (κ3) is 3.34. The molecule has 5 nitrogen and oxygen atoms in total. The average Bonchev–Trinajstić information content (AvgIpc) is 2.98. The van der Waals surface area contributed by atoms with Crippen molar-refractivity contribution < 1.29 is 19.4 Å². The Morgan fingerprint density at radius 1 is 0.926 bits per heavy atom. The zero-order valence-electron chi connectivity index (χ0n) is 17.0. The maximum Gasteiger partial charge on any atom is 0.231 e. The van der Waals surface area contributed by atoms with E-state index in [0.717, 1.165) is 11.1 Å². The van der Waals surface area contributed by atoms with Crippen molar-refractivity contribution in [3.8, 4) is 28.7 Å². The molecule has 0 aliphatic carbocycles. The molecule has 144 valence electrons. The minimum Gasteiger partial charge on any atom is -0.508 e. The van der Waals surface area contributed by atoms with E-state index in [-0.39, 0.29) is 28.2 Å². The molecule has 0 radical (unpaired) electrons. The molecule has 0 unspecified atom stereocenters. The fourth-order valence-electron chi connectivity index (χ4n) is 3.20. The van der Waals surface area contributed by atoms with Gasteiger partial charge in [0.2, 0.25) is 5.89 Å². The van der Waals surface area contributed by atoms with Gasteiger partial charge in [-0.3, -0.25) is 0 Å². The highest BCUT2D eigenvalue weighted by Gasteiger charge is 2.30. The molecule has 27 heavy (non-hydrogen) atoms. The predicted octanol–water partition coefficient (Wildman–Crippen LogP) is 5.51. The Morgan fingerprint density at radius 3 is 2.11 bits per heavy atom. The number of aromatic hydroxyl groups is 2. The second kappa shape index (κ2) is 6.19. The van der Waals surface area contributed by atoms with Gasteiger partial charge in [-0.05, 0) is 40.7 Å². The lowest BCUT2D eigenvalue weighted by atomic mass is 9.79. The highest BCUT2D eigenvalue weighted by molar-refractivity contribution is 5.88. The van der Waals surface area contributed by atoms with Crippen molar-refractivity contribution in [1.82, 2.24) is 4.98 Å². The van der Waals surface area contributed by atoms with Crippen LogP contribution in [0.2, 0.25) is 0 Å². The fourth-order valence-corrected chi connectivity index (χ4v) is 3.20. The van der Waals surface area contributed by atoms with E-state index in [9.17, 15) is 10.2 Å². The van der Waals surface area contributed by atoms with Crippen LogP contribution in [0.25, 0.3) is 22.6 Å². The number of phenolic OH excluding ortho intramolecular Hbond substituents is 2. The van der Waals surface area contributed by atoms with Crippen LogP contribution < -0.4 is 4.74 Å². The zero-order valence-corrected chi connectivity index (χ0v) is 17.0.